The number of halogens is 1. The molecule has 154 valence electrons. The second-order valence-corrected chi connectivity index (χ2v) is 7.08. The zero-order valence-corrected chi connectivity index (χ0v) is 16.2. The van der Waals surface area contributed by atoms with E-state index in [4.69, 9.17) is 0 Å². The molecule has 0 saturated carbocycles. The predicted molar refractivity (Wildman–Crippen MR) is 106 cm³/mol. The third-order valence-electron chi connectivity index (χ3n) is 5.00. The molecule has 0 aliphatic carbocycles. The van der Waals surface area contributed by atoms with E-state index in [0.29, 0.717) is 49.7 Å². The molecule has 1 aromatic heterocycles. The van der Waals surface area contributed by atoms with Gasteiger partial charge in [-0.05, 0) is 52.9 Å². The Hall–Kier alpha value is -3.66. The van der Waals surface area contributed by atoms with E-state index in [1.807, 2.05) is 6.07 Å². The standard InChI is InChI=1S/C20H20FN7O2/c21-16-4-6-17(7-5-16)23-19(29)13-26-8-10-27(11-9-26)20(30)15-2-1-3-18(12-15)28-14-22-24-25-28/h1-7,12,14H,8-11,13H2,(H,23,29)/p+1. The number of anilines is 1. The monoisotopic (exact) mass is 410 g/mol. The van der Waals surface area contributed by atoms with Crippen LogP contribution in [0.1, 0.15) is 10.4 Å². The second kappa shape index (κ2) is 8.78. The van der Waals surface area contributed by atoms with Crippen LogP contribution in [0.2, 0.25) is 0 Å². The number of quaternary nitrogens is 1. The molecule has 4 rings (SSSR count). The number of hydrogen-bond acceptors (Lipinski definition) is 5. The van der Waals surface area contributed by atoms with Crippen LogP contribution in [0.3, 0.4) is 0 Å². The van der Waals surface area contributed by atoms with Crippen LogP contribution in [-0.4, -0.2) is 69.6 Å². The van der Waals surface area contributed by atoms with Gasteiger partial charge in [-0.3, -0.25) is 9.59 Å². The van der Waals surface area contributed by atoms with Gasteiger partial charge in [-0.1, -0.05) is 6.07 Å². The molecule has 0 radical (unpaired) electrons. The fourth-order valence-electron chi connectivity index (χ4n) is 3.41. The molecule has 30 heavy (non-hydrogen) atoms. The zero-order valence-electron chi connectivity index (χ0n) is 16.2. The molecule has 0 spiro atoms. The average Bonchev–Trinajstić information content (AvgIpc) is 3.31. The summed E-state index contributed by atoms with van der Waals surface area (Å²) in [6.45, 7) is 2.78. The van der Waals surface area contributed by atoms with Crippen molar-refractivity contribution < 1.29 is 18.9 Å². The van der Waals surface area contributed by atoms with Gasteiger partial charge in [0.25, 0.3) is 11.8 Å². The van der Waals surface area contributed by atoms with Crippen molar-refractivity contribution in [2.24, 2.45) is 0 Å². The van der Waals surface area contributed by atoms with E-state index in [1.165, 1.54) is 35.3 Å². The predicted octanol–water partition coefficient (Wildman–Crippen LogP) is -0.219. The van der Waals surface area contributed by atoms with E-state index in [0.717, 1.165) is 4.90 Å². The average molecular weight is 410 g/mol. The maximum atomic E-state index is 13.0. The molecule has 1 aliphatic heterocycles. The van der Waals surface area contributed by atoms with Crippen molar-refractivity contribution in [3.05, 3.63) is 66.2 Å². The van der Waals surface area contributed by atoms with Crippen molar-refractivity contribution >= 4 is 17.5 Å². The number of benzene rings is 2. The van der Waals surface area contributed by atoms with Crippen LogP contribution in [0.15, 0.2) is 54.9 Å². The Morgan fingerprint density at radius 3 is 2.57 bits per heavy atom. The SMILES string of the molecule is O=C(C[NH+]1CCN(C(=O)c2cccc(-n3cnnn3)c2)CC1)Nc1ccc(F)cc1. The van der Waals surface area contributed by atoms with Gasteiger partial charge in [-0.15, -0.1) is 5.10 Å². The Morgan fingerprint density at radius 1 is 1.10 bits per heavy atom. The van der Waals surface area contributed by atoms with Gasteiger partial charge in [-0.25, -0.2) is 9.07 Å². The van der Waals surface area contributed by atoms with Crippen molar-refractivity contribution in [1.29, 1.82) is 0 Å². The van der Waals surface area contributed by atoms with E-state index < -0.39 is 0 Å². The number of rotatable bonds is 5. The summed E-state index contributed by atoms with van der Waals surface area (Å²) in [5.74, 6) is -0.534. The smallest absolute Gasteiger partial charge is 0.279 e. The van der Waals surface area contributed by atoms with Gasteiger partial charge in [0, 0.05) is 11.3 Å². The van der Waals surface area contributed by atoms with Gasteiger partial charge in [0.2, 0.25) is 0 Å². The summed E-state index contributed by atoms with van der Waals surface area (Å²) in [6, 6.07) is 12.8. The largest absolute Gasteiger partial charge is 0.327 e. The number of nitrogens with zero attached hydrogens (tertiary/aromatic N) is 5. The van der Waals surface area contributed by atoms with E-state index in [2.05, 4.69) is 20.8 Å². The van der Waals surface area contributed by atoms with Crippen LogP contribution in [0.4, 0.5) is 10.1 Å². The molecule has 3 aromatic rings. The summed E-state index contributed by atoms with van der Waals surface area (Å²) >= 11 is 0. The number of aromatic nitrogens is 4. The van der Waals surface area contributed by atoms with Crippen molar-refractivity contribution in [3.8, 4) is 5.69 Å². The number of carbonyl (C=O) groups is 2. The first-order valence-electron chi connectivity index (χ1n) is 9.60. The zero-order chi connectivity index (χ0) is 20.9. The molecule has 1 aliphatic rings. The molecular formula is C20H21FN7O2+. The Balaban J connectivity index is 1.30. The molecule has 2 amide bonds. The highest BCUT2D eigenvalue weighted by Crippen LogP contribution is 2.12. The van der Waals surface area contributed by atoms with Gasteiger partial charge >= 0.3 is 0 Å². The molecule has 9 nitrogen and oxygen atoms in total. The second-order valence-electron chi connectivity index (χ2n) is 7.08. The Bertz CT molecular complexity index is 1020. The van der Waals surface area contributed by atoms with E-state index in [1.54, 1.807) is 23.1 Å². The highest BCUT2D eigenvalue weighted by molar-refractivity contribution is 5.95. The number of tetrazole rings is 1. The Morgan fingerprint density at radius 2 is 1.87 bits per heavy atom. The van der Waals surface area contributed by atoms with Crippen LogP contribution >= 0.6 is 0 Å². The Labute approximate surface area is 172 Å². The van der Waals surface area contributed by atoms with E-state index in [9.17, 15) is 14.0 Å². The quantitative estimate of drug-likeness (QED) is 0.606. The van der Waals surface area contributed by atoms with Gasteiger partial charge in [0.15, 0.2) is 6.54 Å². The molecule has 2 N–H and O–H groups in total. The molecule has 10 heteroatoms. The van der Waals surface area contributed by atoms with Crippen LogP contribution in [0.5, 0.6) is 0 Å². The lowest BCUT2D eigenvalue weighted by Crippen LogP contribution is -3.15. The molecule has 1 saturated heterocycles. The van der Waals surface area contributed by atoms with Gasteiger partial charge < -0.3 is 15.1 Å². The van der Waals surface area contributed by atoms with Gasteiger partial charge in [0.05, 0.1) is 31.9 Å². The summed E-state index contributed by atoms with van der Waals surface area (Å²) in [4.78, 5) is 28.0. The minimum absolute atomic E-state index is 0.0558. The Kier molecular flexibility index (Phi) is 5.75. The van der Waals surface area contributed by atoms with Crippen molar-refractivity contribution in [3.63, 3.8) is 0 Å². The first-order chi connectivity index (χ1) is 14.6. The highest BCUT2D eigenvalue weighted by Gasteiger charge is 2.26. The third-order valence-corrected chi connectivity index (χ3v) is 5.00. The van der Waals surface area contributed by atoms with E-state index in [-0.39, 0.29) is 17.6 Å². The summed E-state index contributed by atoms with van der Waals surface area (Å²) in [7, 11) is 0. The van der Waals surface area contributed by atoms with Crippen LogP contribution in [0, 0.1) is 5.82 Å². The lowest BCUT2D eigenvalue weighted by molar-refractivity contribution is -0.895. The van der Waals surface area contributed by atoms with Gasteiger partial charge in [-0.2, -0.15) is 0 Å². The minimum Gasteiger partial charge on any atom is -0.327 e. The van der Waals surface area contributed by atoms with Crippen LogP contribution in [0.25, 0.3) is 5.69 Å². The topological polar surface area (TPSA) is 97.5 Å². The molecule has 0 unspecified atom stereocenters. The normalized spacial score (nSPS) is 14.5. The molecule has 2 aromatic carbocycles. The summed E-state index contributed by atoms with van der Waals surface area (Å²) in [5.41, 5.74) is 1.85. The number of amides is 2. The highest BCUT2D eigenvalue weighted by atomic mass is 19.1. The number of piperazine rings is 1. The van der Waals surface area contributed by atoms with Crippen molar-refractivity contribution in [2.45, 2.75) is 0 Å². The maximum Gasteiger partial charge on any atom is 0.279 e. The first kappa shape index (κ1) is 19.6. The first-order valence-corrected chi connectivity index (χ1v) is 9.60. The van der Waals surface area contributed by atoms with Crippen molar-refractivity contribution in [1.82, 2.24) is 25.1 Å². The molecule has 0 atom stereocenters. The molecular weight excluding hydrogens is 389 g/mol. The fraction of sp³-hybridized carbons (Fsp3) is 0.250. The van der Waals surface area contributed by atoms with E-state index >= 15 is 0 Å². The summed E-state index contributed by atoms with van der Waals surface area (Å²) < 4.78 is 14.5. The summed E-state index contributed by atoms with van der Waals surface area (Å²) in [6.07, 6.45) is 1.47. The number of nitrogens with one attached hydrogen (secondary N) is 2. The maximum absolute atomic E-state index is 13.0. The molecule has 1 fully saturated rings. The number of hydrogen-bond donors (Lipinski definition) is 2. The van der Waals surface area contributed by atoms with Gasteiger partial charge in [0.1, 0.15) is 12.1 Å². The van der Waals surface area contributed by atoms with Crippen LogP contribution in [-0.2, 0) is 4.79 Å². The minimum atomic E-state index is -0.345. The molecule has 2 heterocycles. The fourth-order valence-corrected chi connectivity index (χ4v) is 3.41. The number of carbonyl (C=O) groups excluding carboxylic acids is 2. The van der Waals surface area contributed by atoms with Crippen LogP contribution < -0.4 is 10.2 Å². The molecule has 0 bridgehead atoms. The van der Waals surface area contributed by atoms with Crippen molar-refractivity contribution in [2.75, 3.05) is 38.0 Å². The third kappa shape index (κ3) is 4.66. The lowest BCUT2D eigenvalue weighted by Gasteiger charge is -2.32. The summed E-state index contributed by atoms with van der Waals surface area (Å²) in [5, 5.41) is 13.8. The lowest BCUT2D eigenvalue weighted by atomic mass is 10.1.